The highest BCUT2D eigenvalue weighted by Crippen LogP contribution is 2.26. The lowest BCUT2D eigenvalue weighted by Gasteiger charge is -2.05. The van der Waals surface area contributed by atoms with Crippen LogP contribution in [0, 0.1) is 0 Å². The number of halogens is 1. The van der Waals surface area contributed by atoms with Gasteiger partial charge in [0.25, 0.3) is 5.91 Å². The average molecular weight is 396 g/mol. The number of carbonyl (C=O) groups is 1. The lowest BCUT2D eigenvalue weighted by molar-refractivity contribution is 0.0957. The summed E-state index contributed by atoms with van der Waals surface area (Å²) >= 11 is 6.29. The summed E-state index contributed by atoms with van der Waals surface area (Å²) in [6.07, 6.45) is 0.851. The van der Waals surface area contributed by atoms with E-state index < -0.39 is 0 Å². The monoisotopic (exact) mass is 395 g/mol. The molecule has 3 rings (SSSR count). The molecule has 0 unspecified atom stereocenters. The minimum Gasteiger partial charge on any atom is -0.369 e. The van der Waals surface area contributed by atoms with Crippen LogP contribution in [0.3, 0.4) is 0 Å². The van der Waals surface area contributed by atoms with E-state index in [0.717, 1.165) is 32.8 Å². The molecular formula is C15H14BrN3OS2. The second-order valence-electron chi connectivity index (χ2n) is 4.67. The summed E-state index contributed by atoms with van der Waals surface area (Å²) in [7, 11) is 0. The second-order valence-corrected chi connectivity index (χ2v) is 7.94. The number of hydrogen-bond acceptors (Lipinski definition) is 5. The Labute approximate surface area is 144 Å². The molecule has 0 aliphatic heterocycles. The van der Waals surface area contributed by atoms with Crippen LogP contribution in [0.2, 0.25) is 0 Å². The second kappa shape index (κ2) is 7.21. The van der Waals surface area contributed by atoms with Crippen molar-refractivity contribution in [1.29, 1.82) is 0 Å². The van der Waals surface area contributed by atoms with Crippen LogP contribution in [0.5, 0.6) is 0 Å². The first-order valence-electron chi connectivity index (χ1n) is 6.86. The van der Waals surface area contributed by atoms with Crippen molar-refractivity contribution in [3.05, 3.63) is 45.1 Å². The third-order valence-corrected chi connectivity index (χ3v) is 5.55. The largest absolute Gasteiger partial charge is 0.369 e. The quantitative estimate of drug-likeness (QED) is 0.609. The summed E-state index contributed by atoms with van der Waals surface area (Å²) < 4.78 is 6.57. The highest BCUT2D eigenvalue weighted by molar-refractivity contribution is 9.11. The van der Waals surface area contributed by atoms with Crippen LogP contribution < -0.4 is 10.6 Å². The summed E-state index contributed by atoms with van der Waals surface area (Å²) in [5.41, 5.74) is 0. The molecule has 0 saturated heterocycles. The van der Waals surface area contributed by atoms with Crippen molar-refractivity contribution in [2.24, 2.45) is 0 Å². The smallest absolute Gasteiger partial charge is 0.261 e. The van der Waals surface area contributed by atoms with Crippen LogP contribution in [0.1, 0.15) is 16.1 Å². The molecule has 0 aliphatic rings. The van der Waals surface area contributed by atoms with Gasteiger partial charge < -0.3 is 10.6 Å². The number of amides is 1. The molecule has 0 saturated carbocycles. The summed E-state index contributed by atoms with van der Waals surface area (Å²) in [6.45, 7) is 1.42. The molecule has 3 aromatic rings. The van der Waals surface area contributed by atoms with Gasteiger partial charge in [-0.15, -0.1) is 11.3 Å². The maximum Gasteiger partial charge on any atom is 0.261 e. The predicted octanol–water partition coefficient (Wildman–Crippen LogP) is 4.35. The summed E-state index contributed by atoms with van der Waals surface area (Å²) in [4.78, 5) is 12.6. The maximum absolute atomic E-state index is 11.9. The number of benzene rings is 1. The normalized spacial score (nSPS) is 10.8. The predicted molar refractivity (Wildman–Crippen MR) is 97.1 cm³/mol. The molecule has 2 N–H and O–H groups in total. The minimum absolute atomic E-state index is 0.0187. The van der Waals surface area contributed by atoms with Crippen LogP contribution >= 0.6 is 38.8 Å². The molecular weight excluding hydrogens is 382 g/mol. The van der Waals surface area contributed by atoms with Gasteiger partial charge in [-0.1, -0.05) is 12.1 Å². The SMILES string of the molecule is O=C(NCCCNc1nsc2ccccc12)c1ccc(Br)s1. The number of rotatable bonds is 6. The number of anilines is 1. The Hall–Kier alpha value is -1.44. The first kappa shape index (κ1) is 15.5. The van der Waals surface area contributed by atoms with E-state index in [9.17, 15) is 4.79 Å². The van der Waals surface area contributed by atoms with E-state index in [-0.39, 0.29) is 5.91 Å². The molecule has 114 valence electrons. The molecule has 4 nitrogen and oxygen atoms in total. The van der Waals surface area contributed by atoms with Crippen molar-refractivity contribution in [3.8, 4) is 0 Å². The zero-order chi connectivity index (χ0) is 15.4. The Bertz CT molecular complexity index is 784. The molecule has 2 heterocycles. The average Bonchev–Trinajstić information content (AvgIpc) is 3.13. The van der Waals surface area contributed by atoms with Crippen molar-refractivity contribution >= 4 is 60.6 Å². The molecule has 0 aliphatic carbocycles. The Kier molecular flexibility index (Phi) is 5.07. The number of carbonyl (C=O) groups excluding carboxylic acids is 1. The molecule has 1 amide bonds. The standard InChI is InChI=1S/C15H14BrN3OS2/c16-13-7-6-12(21-13)15(20)18-9-3-8-17-14-10-4-1-2-5-11(10)22-19-14/h1-2,4-7H,3,8-9H2,(H,17,19)(H,18,20). The van der Waals surface area contributed by atoms with E-state index in [0.29, 0.717) is 6.54 Å². The van der Waals surface area contributed by atoms with Crippen molar-refractivity contribution < 1.29 is 4.79 Å². The van der Waals surface area contributed by atoms with E-state index in [1.54, 1.807) is 0 Å². The first-order chi connectivity index (χ1) is 10.7. The lowest BCUT2D eigenvalue weighted by atomic mass is 10.2. The molecule has 0 spiro atoms. The lowest BCUT2D eigenvalue weighted by Crippen LogP contribution is -2.25. The maximum atomic E-state index is 11.9. The van der Waals surface area contributed by atoms with Crippen LogP contribution in [-0.4, -0.2) is 23.4 Å². The minimum atomic E-state index is -0.0187. The Balaban J connectivity index is 1.43. The van der Waals surface area contributed by atoms with Crippen LogP contribution in [-0.2, 0) is 0 Å². The zero-order valence-corrected chi connectivity index (χ0v) is 14.9. The van der Waals surface area contributed by atoms with Gasteiger partial charge in [0.15, 0.2) is 0 Å². The van der Waals surface area contributed by atoms with E-state index in [1.807, 2.05) is 24.3 Å². The molecule has 7 heteroatoms. The highest BCUT2D eigenvalue weighted by Gasteiger charge is 2.07. The van der Waals surface area contributed by atoms with Gasteiger partial charge in [-0.05, 0) is 58.1 Å². The van der Waals surface area contributed by atoms with Gasteiger partial charge in [0.2, 0.25) is 0 Å². The van der Waals surface area contributed by atoms with E-state index in [1.165, 1.54) is 27.6 Å². The fourth-order valence-electron chi connectivity index (χ4n) is 2.03. The third kappa shape index (κ3) is 3.66. The molecule has 0 bridgehead atoms. The van der Waals surface area contributed by atoms with Crippen LogP contribution in [0.4, 0.5) is 5.82 Å². The van der Waals surface area contributed by atoms with Crippen molar-refractivity contribution in [3.63, 3.8) is 0 Å². The number of aromatic nitrogens is 1. The fraction of sp³-hybridized carbons (Fsp3) is 0.200. The number of nitrogens with one attached hydrogen (secondary N) is 2. The summed E-state index contributed by atoms with van der Waals surface area (Å²) in [5.74, 6) is 0.906. The number of fused-ring (bicyclic) bond motifs is 1. The third-order valence-electron chi connectivity index (χ3n) is 3.11. The number of nitrogens with zero attached hydrogens (tertiary/aromatic N) is 1. The molecule has 1 aromatic carbocycles. The molecule has 2 aromatic heterocycles. The number of hydrogen-bond donors (Lipinski definition) is 2. The molecule has 0 radical (unpaired) electrons. The molecule has 0 fully saturated rings. The Morgan fingerprint density at radius 1 is 1.18 bits per heavy atom. The zero-order valence-electron chi connectivity index (χ0n) is 11.6. The van der Waals surface area contributed by atoms with Crippen molar-refractivity contribution in [1.82, 2.24) is 9.69 Å². The van der Waals surface area contributed by atoms with E-state index in [4.69, 9.17) is 0 Å². The summed E-state index contributed by atoms with van der Waals surface area (Å²) in [6, 6.07) is 11.9. The van der Waals surface area contributed by atoms with Crippen LogP contribution in [0.15, 0.2) is 40.2 Å². The Morgan fingerprint density at radius 3 is 2.86 bits per heavy atom. The number of thiophene rings is 1. The van der Waals surface area contributed by atoms with Crippen LogP contribution in [0.25, 0.3) is 10.1 Å². The van der Waals surface area contributed by atoms with E-state index >= 15 is 0 Å². The fourth-order valence-corrected chi connectivity index (χ4v) is 4.09. The van der Waals surface area contributed by atoms with Gasteiger partial charge in [-0.25, -0.2) is 0 Å². The summed E-state index contributed by atoms with van der Waals surface area (Å²) in [5, 5.41) is 7.40. The van der Waals surface area contributed by atoms with Gasteiger partial charge in [0, 0.05) is 18.5 Å². The van der Waals surface area contributed by atoms with Gasteiger partial charge in [0.05, 0.1) is 13.4 Å². The molecule has 0 atom stereocenters. The topological polar surface area (TPSA) is 54.0 Å². The van der Waals surface area contributed by atoms with Gasteiger partial charge >= 0.3 is 0 Å². The van der Waals surface area contributed by atoms with E-state index in [2.05, 4.69) is 43.1 Å². The first-order valence-corrected chi connectivity index (χ1v) is 9.24. The Morgan fingerprint density at radius 2 is 2.05 bits per heavy atom. The van der Waals surface area contributed by atoms with Gasteiger partial charge in [-0.2, -0.15) is 4.37 Å². The van der Waals surface area contributed by atoms with Crippen molar-refractivity contribution in [2.75, 3.05) is 18.4 Å². The van der Waals surface area contributed by atoms with Gasteiger partial charge in [0.1, 0.15) is 5.82 Å². The molecule has 22 heavy (non-hydrogen) atoms. The van der Waals surface area contributed by atoms with Crippen molar-refractivity contribution in [2.45, 2.75) is 6.42 Å². The highest BCUT2D eigenvalue weighted by atomic mass is 79.9. The van der Waals surface area contributed by atoms with Gasteiger partial charge in [-0.3, -0.25) is 4.79 Å².